The lowest BCUT2D eigenvalue weighted by atomic mass is 10.1. The summed E-state index contributed by atoms with van der Waals surface area (Å²) < 4.78 is 5.24. The van der Waals surface area contributed by atoms with E-state index in [0.717, 1.165) is 24.3 Å². The molecule has 3 rings (SSSR count). The molecule has 2 heterocycles. The Morgan fingerprint density at radius 3 is 2.78 bits per heavy atom. The van der Waals surface area contributed by atoms with Gasteiger partial charge in [0.15, 0.2) is 5.58 Å². The number of rotatable bonds is 1. The Labute approximate surface area is 105 Å². The molecular formula is C13H16N3O2. The van der Waals surface area contributed by atoms with Crippen LogP contribution in [0, 0.1) is 0 Å². The Balaban J connectivity index is 2.05. The minimum Gasteiger partial charge on any atom is -0.406 e. The standard InChI is InChI=1S/C13H16N3O2/c1-8-6-16(7-9(2)14-8)11-5-3-4-10-12(11)18-13(17)15-10/h3-5,8-9H,6-7H2,1-2H3,(H,15,17)/t8-,9+. The second kappa shape index (κ2) is 4.17. The fourth-order valence-electron chi connectivity index (χ4n) is 2.65. The van der Waals surface area contributed by atoms with E-state index in [2.05, 4.69) is 29.0 Å². The van der Waals surface area contributed by atoms with Gasteiger partial charge in [-0.3, -0.25) is 4.98 Å². The number of hydrogen-bond acceptors (Lipinski definition) is 3. The summed E-state index contributed by atoms with van der Waals surface area (Å²) >= 11 is 0. The third-order valence-electron chi connectivity index (χ3n) is 3.24. The second-order valence-electron chi connectivity index (χ2n) is 4.92. The molecular weight excluding hydrogens is 230 g/mol. The maximum absolute atomic E-state index is 11.3. The monoisotopic (exact) mass is 246 g/mol. The SMILES string of the molecule is C[C@@H]1CN(c2cccc3[nH]c(=O)oc23)C[C@H](C)[N]1. The minimum atomic E-state index is -0.403. The highest BCUT2D eigenvalue weighted by Gasteiger charge is 2.24. The van der Waals surface area contributed by atoms with E-state index in [0.29, 0.717) is 17.7 Å². The first-order chi connectivity index (χ1) is 8.63. The van der Waals surface area contributed by atoms with Crippen LogP contribution in [0.4, 0.5) is 5.69 Å². The van der Waals surface area contributed by atoms with Gasteiger partial charge in [-0.15, -0.1) is 0 Å². The molecule has 0 aliphatic carbocycles. The molecule has 1 N–H and O–H groups in total. The van der Waals surface area contributed by atoms with Crippen molar-refractivity contribution in [3.63, 3.8) is 0 Å². The molecule has 5 heteroatoms. The number of anilines is 1. The van der Waals surface area contributed by atoms with Gasteiger partial charge in [0.25, 0.3) is 0 Å². The van der Waals surface area contributed by atoms with Crippen molar-refractivity contribution in [2.75, 3.05) is 18.0 Å². The third kappa shape index (κ3) is 1.90. The molecule has 0 bridgehead atoms. The molecule has 95 valence electrons. The Bertz CT molecular complexity index is 606. The summed E-state index contributed by atoms with van der Waals surface area (Å²) in [6.07, 6.45) is 0. The first-order valence-electron chi connectivity index (χ1n) is 6.20. The van der Waals surface area contributed by atoms with Crippen molar-refractivity contribution in [2.24, 2.45) is 0 Å². The lowest BCUT2D eigenvalue weighted by Crippen LogP contribution is -2.50. The molecule has 1 aromatic heterocycles. The van der Waals surface area contributed by atoms with Crippen molar-refractivity contribution in [3.8, 4) is 0 Å². The van der Waals surface area contributed by atoms with Gasteiger partial charge in [-0.1, -0.05) is 6.07 Å². The number of aromatic amines is 1. The molecule has 0 saturated carbocycles. The molecule has 2 aromatic rings. The van der Waals surface area contributed by atoms with Gasteiger partial charge < -0.3 is 9.32 Å². The largest absolute Gasteiger partial charge is 0.417 e. The molecule has 1 aromatic carbocycles. The summed E-state index contributed by atoms with van der Waals surface area (Å²) in [7, 11) is 0. The van der Waals surface area contributed by atoms with Crippen LogP contribution in [0.2, 0.25) is 0 Å². The molecule has 1 radical (unpaired) electrons. The van der Waals surface area contributed by atoms with E-state index in [-0.39, 0.29) is 0 Å². The van der Waals surface area contributed by atoms with Crippen molar-refractivity contribution < 1.29 is 4.42 Å². The van der Waals surface area contributed by atoms with E-state index >= 15 is 0 Å². The summed E-state index contributed by atoms with van der Waals surface area (Å²) in [6, 6.07) is 6.38. The van der Waals surface area contributed by atoms with Gasteiger partial charge in [-0.05, 0) is 26.0 Å². The highest BCUT2D eigenvalue weighted by Crippen LogP contribution is 2.26. The average molecular weight is 246 g/mol. The fourth-order valence-corrected chi connectivity index (χ4v) is 2.65. The minimum absolute atomic E-state index is 0.301. The quantitative estimate of drug-likeness (QED) is 0.825. The number of para-hydroxylation sites is 1. The number of nitrogens with zero attached hydrogens (tertiary/aromatic N) is 2. The Kier molecular flexibility index (Phi) is 2.63. The van der Waals surface area contributed by atoms with Crippen molar-refractivity contribution in [2.45, 2.75) is 25.9 Å². The van der Waals surface area contributed by atoms with Crippen LogP contribution in [0.1, 0.15) is 13.8 Å². The first kappa shape index (κ1) is 11.3. The lowest BCUT2D eigenvalue weighted by Gasteiger charge is -2.36. The number of aromatic nitrogens is 1. The second-order valence-corrected chi connectivity index (χ2v) is 4.92. The van der Waals surface area contributed by atoms with Gasteiger partial charge in [0.1, 0.15) is 0 Å². The summed E-state index contributed by atoms with van der Waals surface area (Å²) in [4.78, 5) is 16.2. The van der Waals surface area contributed by atoms with E-state index in [9.17, 15) is 4.79 Å². The number of nitrogens with one attached hydrogen (secondary N) is 1. The van der Waals surface area contributed by atoms with Gasteiger partial charge in [0.2, 0.25) is 0 Å². The number of fused-ring (bicyclic) bond motifs is 1. The van der Waals surface area contributed by atoms with E-state index < -0.39 is 5.76 Å². The van der Waals surface area contributed by atoms with Crippen LogP contribution in [-0.4, -0.2) is 30.2 Å². The van der Waals surface area contributed by atoms with Crippen molar-refractivity contribution in [1.82, 2.24) is 10.3 Å². The van der Waals surface area contributed by atoms with E-state index in [1.165, 1.54) is 0 Å². The predicted molar refractivity (Wildman–Crippen MR) is 70.1 cm³/mol. The predicted octanol–water partition coefficient (Wildman–Crippen LogP) is 1.32. The van der Waals surface area contributed by atoms with Gasteiger partial charge in [0, 0.05) is 25.2 Å². The van der Waals surface area contributed by atoms with Crippen LogP contribution in [0.3, 0.4) is 0 Å². The molecule has 2 atom stereocenters. The smallest absolute Gasteiger partial charge is 0.406 e. The molecule has 0 spiro atoms. The van der Waals surface area contributed by atoms with Crippen LogP contribution in [0.25, 0.3) is 11.1 Å². The Morgan fingerprint density at radius 1 is 1.33 bits per heavy atom. The maximum Gasteiger partial charge on any atom is 0.417 e. The van der Waals surface area contributed by atoms with Crippen LogP contribution in [-0.2, 0) is 0 Å². The van der Waals surface area contributed by atoms with Gasteiger partial charge in [-0.25, -0.2) is 10.1 Å². The molecule has 1 saturated heterocycles. The zero-order valence-electron chi connectivity index (χ0n) is 10.5. The molecule has 5 nitrogen and oxygen atoms in total. The van der Waals surface area contributed by atoms with Crippen molar-refractivity contribution in [3.05, 3.63) is 28.7 Å². The van der Waals surface area contributed by atoms with Crippen LogP contribution in [0.15, 0.2) is 27.4 Å². The maximum atomic E-state index is 11.3. The highest BCUT2D eigenvalue weighted by molar-refractivity contribution is 5.86. The fraction of sp³-hybridized carbons (Fsp3) is 0.462. The third-order valence-corrected chi connectivity index (χ3v) is 3.24. The topological polar surface area (TPSA) is 63.3 Å². The molecule has 0 unspecified atom stereocenters. The van der Waals surface area contributed by atoms with Crippen molar-refractivity contribution >= 4 is 16.8 Å². The number of benzene rings is 1. The molecule has 1 aliphatic heterocycles. The highest BCUT2D eigenvalue weighted by atomic mass is 16.4. The zero-order chi connectivity index (χ0) is 12.7. The van der Waals surface area contributed by atoms with Gasteiger partial charge in [0.05, 0.1) is 11.2 Å². The first-order valence-corrected chi connectivity index (χ1v) is 6.20. The van der Waals surface area contributed by atoms with Gasteiger partial charge in [-0.2, -0.15) is 0 Å². The Hall–Kier alpha value is -1.75. The lowest BCUT2D eigenvalue weighted by molar-refractivity contribution is 0.397. The average Bonchev–Trinajstić information content (AvgIpc) is 2.67. The summed E-state index contributed by atoms with van der Waals surface area (Å²) in [5.41, 5.74) is 2.36. The summed E-state index contributed by atoms with van der Waals surface area (Å²) in [6.45, 7) is 5.93. The number of oxazole rings is 1. The molecule has 1 aliphatic rings. The van der Waals surface area contributed by atoms with E-state index in [1.54, 1.807) is 0 Å². The number of hydrogen-bond donors (Lipinski definition) is 1. The van der Waals surface area contributed by atoms with Crippen LogP contribution in [0.5, 0.6) is 0 Å². The van der Waals surface area contributed by atoms with Crippen LogP contribution < -0.4 is 16.0 Å². The number of piperazine rings is 1. The van der Waals surface area contributed by atoms with Gasteiger partial charge >= 0.3 is 5.76 Å². The van der Waals surface area contributed by atoms with E-state index in [1.807, 2.05) is 18.2 Å². The van der Waals surface area contributed by atoms with Crippen molar-refractivity contribution in [1.29, 1.82) is 0 Å². The molecule has 18 heavy (non-hydrogen) atoms. The summed E-state index contributed by atoms with van der Waals surface area (Å²) in [5.74, 6) is -0.403. The molecule has 1 fully saturated rings. The molecule has 0 amide bonds. The summed E-state index contributed by atoms with van der Waals surface area (Å²) in [5, 5.41) is 4.60. The van der Waals surface area contributed by atoms with Crippen LogP contribution >= 0.6 is 0 Å². The number of H-pyrrole nitrogens is 1. The zero-order valence-corrected chi connectivity index (χ0v) is 10.5. The van der Waals surface area contributed by atoms with E-state index in [4.69, 9.17) is 4.42 Å². The Morgan fingerprint density at radius 2 is 2.06 bits per heavy atom. The normalized spacial score (nSPS) is 24.7.